The monoisotopic (exact) mass is 482 g/mol. The number of aryl methyl sites for hydroxylation is 1. The minimum Gasteiger partial charge on any atom is -0.354 e. The first-order valence-electron chi connectivity index (χ1n) is 11.6. The molecule has 1 aromatic carbocycles. The summed E-state index contributed by atoms with van der Waals surface area (Å²) in [6.45, 7) is 7.22. The Morgan fingerprint density at radius 2 is 1.94 bits per heavy atom. The maximum absolute atomic E-state index is 13.0. The van der Waals surface area contributed by atoms with Crippen LogP contribution >= 0.6 is 11.3 Å². The largest absolute Gasteiger partial charge is 0.354 e. The lowest BCUT2D eigenvalue weighted by Crippen LogP contribution is -2.42. The van der Waals surface area contributed by atoms with Crippen molar-refractivity contribution in [1.82, 2.24) is 19.9 Å². The van der Waals surface area contributed by atoms with Crippen molar-refractivity contribution < 1.29 is 9.59 Å². The predicted molar refractivity (Wildman–Crippen MR) is 134 cm³/mol. The minimum absolute atomic E-state index is 0.000248. The normalized spacial score (nSPS) is 14.5. The Bertz CT molecular complexity index is 1240. The molecule has 2 aromatic heterocycles. The van der Waals surface area contributed by atoms with E-state index >= 15 is 0 Å². The number of benzene rings is 1. The molecule has 3 aromatic rings. The molecule has 34 heavy (non-hydrogen) atoms. The van der Waals surface area contributed by atoms with Gasteiger partial charge in [-0.3, -0.25) is 19.0 Å². The maximum Gasteiger partial charge on any atom is 0.273 e. The van der Waals surface area contributed by atoms with Gasteiger partial charge in [0, 0.05) is 30.7 Å². The van der Waals surface area contributed by atoms with Crippen molar-refractivity contribution in [1.29, 1.82) is 0 Å². The smallest absolute Gasteiger partial charge is 0.273 e. The highest BCUT2D eigenvalue weighted by Gasteiger charge is 2.27. The van der Waals surface area contributed by atoms with Crippen LogP contribution in [0.1, 0.15) is 39.2 Å². The molecule has 0 bridgehead atoms. The van der Waals surface area contributed by atoms with Gasteiger partial charge in [-0.2, -0.15) is 4.98 Å². The summed E-state index contributed by atoms with van der Waals surface area (Å²) in [5, 5.41) is 6.59. The van der Waals surface area contributed by atoms with E-state index in [0.29, 0.717) is 23.4 Å². The van der Waals surface area contributed by atoms with E-state index in [4.69, 9.17) is 0 Å². The first kappa shape index (κ1) is 23.9. The molecular weight excluding hydrogens is 452 g/mol. The van der Waals surface area contributed by atoms with Crippen LogP contribution in [0.25, 0.3) is 10.3 Å². The van der Waals surface area contributed by atoms with Crippen LogP contribution < -0.4 is 21.1 Å². The van der Waals surface area contributed by atoms with E-state index < -0.39 is 0 Å². The third kappa shape index (κ3) is 5.27. The third-order valence-corrected chi connectivity index (χ3v) is 7.02. The lowest BCUT2D eigenvalue weighted by molar-refractivity contribution is -0.126. The van der Waals surface area contributed by atoms with Crippen LogP contribution in [0, 0.1) is 5.92 Å². The van der Waals surface area contributed by atoms with Crippen LogP contribution in [0.15, 0.2) is 35.4 Å². The van der Waals surface area contributed by atoms with Crippen molar-refractivity contribution in [3.05, 3.63) is 46.5 Å². The molecule has 1 fully saturated rings. The van der Waals surface area contributed by atoms with Gasteiger partial charge in [0.2, 0.25) is 11.8 Å². The molecule has 1 saturated heterocycles. The van der Waals surface area contributed by atoms with Gasteiger partial charge in [0.1, 0.15) is 17.6 Å². The highest BCUT2D eigenvalue weighted by atomic mass is 32.1. The van der Waals surface area contributed by atoms with Crippen LogP contribution in [0.3, 0.4) is 0 Å². The van der Waals surface area contributed by atoms with Gasteiger partial charge in [-0.05, 0) is 44.7 Å². The molecule has 2 N–H and O–H groups in total. The molecule has 0 unspecified atom stereocenters. The van der Waals surface area contributed by atoms with Crippen LogP contribution in [0.2, 0.25) is 0 Å². The number of nitrogens with zero attached hydrogens (tertiary/aromatic N) is 4. The number of amides is 2. The molecule has 0 atom stereocenters. The van der Waals surface area contributed by atoms with Crippen molar-refractivity contribution >= 4 is 44.3 Å². The Morgan fingerprint density at radius 3 is 2.65 bits per heavy atom. The maximum atomic E-state index is 13.0. The molecule has 0 aliphatic carbocycles. The Labute approximate surface area is 202 Å². The van der Waals surface area contributed by atoms with E-state index in [1.54, 1.807) is 0 Å². The van der Waals surface area contributed by atoms with Crippen LogP contribution in [0.5, 0.6) is 0 Å². The zero-order valence-electron chi connectivity index (χ0n) is 19.7. The fraction of sp³-hybridized carbons (Fsp3) is 0.458. The number of piperidine rings is 1. The standard InChI is InChI=1S/C24H30N6O3S/c1-4-16-7-5-6-8-18(16)27-19(31)13-30-14-25-21-20(23(30)33)34-24(28-21)29-11-9-17(10-12-29)22(32)26-15(2)3/h5-8,14-15,17H,4,9-13H2,1-3H3,(H,26,32)(H,27,31). The van der Waals surface area contributed by atoms with Gasteiger partial charge in [0.25, 0.3) is 5.56 Å². The van der Waals surface area contributed by atoms with E-state index in [1.165, 1.54) is 22.2 Å². The molecule has 0 radical (unpaired) electrons. The fourth-order valence-electron chi connectivity index (χ4n) is 4.11. The van der Waals surface area contributed by atoms with Gasteiger partial charge in [0.05, 0.1) is 0 Å². The summed E-state index contributed by atoms with van der Waals surface area (Å²) < 4.78 is 1.75. The minimum atomic E-state index is -0.282. The van der Waals surface area contributed by atoms with E-state index in [0.717, 1.165) is 35.6 Å². The van der Waals surface area contributed by atoms with Gasteiger partial charge in [0.15, 0.2) is 10.8 Å². The van der Waals surface area contributed by atoms with E-state index in [2.05, 4.69) is 25.5 Å². The summed E-state index contributed by atoms with van der Waals surface area (Å²) >= 11 is 1.29. The average Bonchev–Trinajstić information content (AvgIpc) is 3.26. The van der Waals surface area contributed by atoms with Crippen molar-refractivity contribution in [2.75, 3.05) is 23.3 Å². The first-order valence-corrected chi connectivity index (χ1v) is 12.5. The quantitative estimate of drug-likeness (QED) is 0.536. The van der Waals surface area contributed by atoms with Crippen molar-refractivity contribution in [3.63, 3.8) is 0 Å². The number of fused-ring (bicyclic) bond motifs is 1. The number of carbonyl (C=O) groups is 2. The Balaban J connectivity index is 1.44. The number of rotatable bonds is 7. The SMILES string of the molecule is CCc1ccccc1NC(=O)Cn1cnc2nc(N3CCC(C(=O)NC(C)C)CC3)sc2c1=O. The molecule has 1 aliphatic rings. The Hall–Kier alpha value is -3.27. The second-order valence-electron chi connectivity index (χ2n) is 8.81. The number of nitrogens with one attached hydrogen (secondary N) is 2. The number of aromatic nitrogens is 3. The molecule has 3 heterocycles. The van der Waals surface area contributed by atoms with Gasteiger partial charge in [-0.15, -0.1) is 0 Å². The van der Waals surface area contributed by atoms with Crippen molar-refractivity contribution in [2.24, 2.45) is 5.92 Å². The van der Waals surface area contributed by atoms with Gasteiger partial charge < -0.3 is 15.5 Å². The summed E-state index contributed by atoms with van der Waals surface area (Å²) in [6, 6.07) is 7.75. The molecule has 4 rings (SSSR count). The van der Waals surface area contributed by atoms with Gasteiger partial charge >= 0.3 is 0 Å². The zero-order valence-corrected chi connectivity index (χ0v) is 20.5. The number of thiazole rings is 1. The number of hydrogen-bond acceptors (Lipinski definition) is 7. The summed E-state index contributed by atoms with van der Waals surface area (Å²) in [7, 11) is 0. The lowest BCUT2D eigenvalue weighted by atomic mass is 9.96. The summed E-state index contributed by atoms with van der Waals surface area (Å²) in [4.78, 5) is 48.9. The lowest BCUT2D eigenvalue weighted by Gasteiger charge is -2.31. The molecule has 1 aliphatic heterocycles. The van der Waals surface area contributed by atoms with Crippen molar-refractivity contribution in [3.8, 4) is 0 Å². The summed E-state index contributed by atoms with van der Waals surface area (Å²) in [6.07, 6.45) is 3.66. The molecule has 0 spiro atoms. The molecular formula is C24H30N6O3S. The van der Waals surface area contributed by atoms with E-state index in [9.17, 15) is 14.4 Å². The second-order valence-corrected chi connectivity index (χ2v) is 9.79. The van der Waals surface area contributed by atoms with E-state index in [-0.39, 0.29) is 35.9 Å². The molecule has 0 saturated carbocycles. The van der Waals surface area contributed by atoms with Gasteiger partial charge in [-0.1, -0.05) is 36.5 Å². The van der Waals surface area contributed by atoms with Gasteiger partial charge in [-0.25, -0.2) is 4.98 Å². The third-order valence-electron chi connectivity index (χ3n) is 5.93. The molecule has 9 nitrogen and oxygen atoms in total. The topological polar surface area (TPSA) is 109 Å². The number of hydrogen-bond donors (Lipinski definition) is 2. The Morgan fingerprint density at radius 1 is 1.21 bits per heavy atom. The summed E-state index contributed by atoms with van der Waals surface area (Å²) in [5.41, 5.74) is 1.90. The van der Waals surface area contributed by atoms with Crippen LogP contribution in [0.4, 0.5) is 10.8 Å². The van der Waals surface area contributed by atoms with Crippen molar-refractivity contribution in [2.45, 2.75) is 52.6 Å². The molecule has 180 valence electrons. The zero-order chi connectivity index (χ0) is 24.2. The second kappa shape index (κ2) is 10.3. The fourth-order valence-corrected chi connectivity index (χ4v) is 5.13. The highest BCUT2D eigenvalue weighted by molar-refractivity contribution is 7.22. The first-order chi connectivity index (χ1) is 16.4. The van der Waals surface area contributed by atoms with Crippen LogP contribution in [-0.4, -0.2) is 45.5 Å². The highest BCUT2D eigenvalue weighted by Crippen LogP contribution is 2.29. The predicted octanol–water partition coefficient (Wildman–Crippen LogP) is 2.80. The number of anilines is 2. The number of carbonyl (C=O) groups excluding carboxylic acids is 2. The number of para-hydroxylation sites is 1. The molecule has 10 heteroatoms. The average molecular weight is 483 g/mol. The Kier molecular flexibility index (Phi) is 7.26. The summed E-state index contributed by atoms with van der Waals surface area (Å²) in [5.74, 6) is -0.182. The van der Waals surface area contributed by atoms with Crippen LogP contribution in [-0.2, 0) is 22.6 Å². The molecule has 2 amide bonds. The van der Waals surface area contributed by atoms with E-state index in [1.807, 2.05) is 45.0 Å².